The Kier molecular flexibility index (Phi) is 9.62. The maximum absolute atomic E-state index is 14.2. The number of hydrogen-bond acceptors (Lipinski definition) is 8. The standard InChI is InChI=1S/C36H40BrN7O4S/c1-7-28-20-43(49(46,47)32-16-26(37)11-14-31(32)48-28)19-25-15-24(10-9-22(25)3)33(36(5,6)35(45)40-27-17-38-21-39-18-27)29-12-13-30-34(23(29)4)41-42-44(30)8-2/h9-18,21,28,33H,7-8,19-20H2,1-6H3,(H,40,45)/t28-,33+/m1/s1. The third-order valence-corrected chi connectivity index (χ3v) is 11.8. The highest BCUT2D eigenvalue weighted by Gasteiger charge is 2.41. The Morgan fingerprint density at radius 1 is 1.08 bits per heavy atom. The summed E-state index contributed by atoms with van der Waals surface area (Å²) in [5, 5.41) is 11.9. The van der Waals surface area contributed by atoms with E-state index in [0.717, 1.165) is 38.9 Å². The van der Waals surface area contributed by atoms with Gasteiger partial charge in [-0.15, -0.1) is 5.10 Å². The molecule has 3 heterocycles. The van der Waals surface area contributed by atoms with Gasteiger partial charge in [0.25, 0.3) is 0 Å². The van der Waals surface area contributed by atoms with E-state index in [4.69, 9.17) is 4.74 Å². The van der Waals surface area contributed by atoms with E-state index in [1.54, 1.807) is 30.6 Å². The highest BCUT2D eigenvalue weighted by atomic mass is 79.9. The fraction of sp³-hybridized carbons (Fsp3) is 0.361. The lowest BCUT2D eigenvalue weighted by Gasteiger charge is -2.35. The summed E-state index contributed by atoms with van der Waals surface area (Å²) in [6, 6.07) is 15.2. The number of ether oxygens (including phenoxy) is 1. The molecule has 1 aliphatic rings. The first-order valence-corrected chi connectivity index (χ1v) is 18.5. The van der Waals surface area contributed by atoms with Crippen LogP contribution in [0.2, 0.25) is 0 Å². The summed E-state index contributed by atoms with van der Waals surface area (Å²) >= 11 is 3.44. The molecule has 0 spiro atoms. The summed E-state index contributed by atoms with van der Waals surface area (Å²) < 4.78 is 38.5. The van der Waals surface area contributed by atoms with E-state index in [0.29, 0.717) is 28.9 Å². The minimum atomic E-state index is -3.91. The van der Waals surface area contributed by atoms with Crippen molar-refractivity contribution < 1.29 is 17.9 Å². The van der Waals surface area contributed by atoms with Crippen molar-refractivity contribution in [2.75, 3.05) is 11.9 Å². The Balaban J connectivity index is 1.46. The van der Waals surface area contributed by atoms with Gasteiger partial charge in [-0.25, -0.2) is 23.1 Å². The van der Waals surface area contributed by atoms with Gasteiger partial charge in [0.1, 0.15) is 28.6 Å². The van der Waals surface area contributed by atoms with E-state index < -0.39 is 21.4 Å². The molecule has 2 aromatic heterocycles. The second-order valence-corrected chi connectivity index (χ2v) is 15.8. The number of aromatic nitrogens is 5. The zero-order valence-electron chi connectivity index (χ0n) is 28.4. The SMILES string of the molecule is CC[C@@H]1CN(Cc2cc([C@@H](c3ccc4c(nnn4CC)c3C)C(C)(C)C(=O)Nc3cncnc3)ccc2C)S(=O)(=O)c2cc(Br)ccc2O1. The van der Waals surface area contributed by atoms with E-state index in [-0.39, 0.29) is 30.0 Å². The molecule has 0 saturated heterocycles. The van der Waals surface area contributed by atoms with Crippen LogP contribution in [0.3, 0.4) is 0 Å². The van der Waals surface area contributed by atoms with Gasteiger partial charge >= 0.3 is 0 Å². The number of carbonyl (C=O) groups excluding carboxylic acids is 1. The van der Waals surface area contributed by atoms with Crippen LogP contribution in [0.15, 0.2) is 76.6 Å². The van der Waals surface area contributed by atoms with Gasteiger partial charge in [-0.3, -0.25) is 4.79 Å². The first-order valence-electron chi connectivity index (χ1n) is 16.3. The van der Waals surface area contributed by atoms with E-state index in [9.17, 15) is 13.2 Å². The summed E-state index contributed by atoms with van der Waals surface area (Å²) in [6.07, 6.45) is 4.86. The van der Waals surface area contributed by atoms with Gasteiger partial charge in [-0.1, -0.05) is 66.2 Å². The first-order chi connectivity index (χ1) is 23.3. The molecule has 5 aromatic rings. The molecule has 0 unspecified atom stereocenters. The molecule has 1 N–H and O–H groups in total. The number of halogens is 1. The average molecular weight is 747 g/mol. The van der Waals surface area contributed by atoms with Gasteiger partial charge in [0, 0.05) is 23.5 Å². The normalized spacial score (nSPS) is 16.8. The maximum Gasteiger partial charge on any atom is 0.247 e. The summed E-state index contributed by atoms with van der Waals surface area (Å²) in [5.74, 6) is -0.311. The van der Waals surface area contributed by atoms with Crippen molar-refractivity contribution in [3.63, 3.8) is 0 Å². The lowest BCUT2D eigenvalue weighted by molar-refractivity contribution is -0.124. The van der Waals surface area contributed by atoms with Crippen LogP contribution in [0, 0.1) is 19.3 Å². The van der Waals surface area contributed by atoms with E-state index in [1.165, 1.54) is 10.6 Å². The van der Waals surface area contributed by atoms with Crippen LogP contribution in [0.5, 0.6) is 5.75 Å². The number of aryl methyl sites for hydroxylation is 3. The van der Waals surface area contributed by atoms with Gasteiger partial charge in [0.15, 0.2) is 0 Å². The molecule has 6 rings (SSSR count). The zero-order valence-corrected chi connectivity index (χ0v) is 30.8. The molecular formula is C36H40BrN7O4S. The number of benzene rings is 3. The number of carbonyl (C=O) groups is 1. The lowest BCUT2D eigenvalue weighted by atomic mass is 9.69. The van der Waals surface area contributed by atoms with Gasteiger partial charge in [-0.2, -0.15) is 4.31 Å². The largest absolute Gasteiger partial charge is 0.488 e. The van der Waals surface area contributed by atoms with Crippen LogP contribution in [-0.2, 0) is 27.9 Å². The molecule has 0 radical (unpaired) electrons. The van der Waals surface area contributed by atoms with Crippen molar-refractivity contribution in [3.8, 4) is 5.75 Å². The van der Waals surface area contributed by atoms with E-state index in [1.807, 2.05) is 70.5 Å². The van der Waals surface area contributed by atoms with Gasteiger partial charge in [0.2, 0.25) is 15.9 Å². The van der Waals surface area contributed by atoms with Gasteiger partial charge in [-0.05, 0) is 79.3 Å². The highest BCUT2D eigenvalue weighted by molar-refractivity contribution is 9.10. The number of nitrogens with zero attached hydrogens (tertiary/aromatic N) is 6. The van der Waals surface area contributed by atoms with Crippen molar-refractivity contribution in [1.29, 1.82) is 0 Å². The van der Waals surface area contributed by atoms with Crippen molar-refractivity contribution in [2.24, 2.45) is 5.41 Å². The van der Waals surface area contributed by atoms with Gasteiger partial charge in [0.05, 0.1) is 35.6 Å². The molecular weight excluding hydrogens is 706 g/mol. The lowest BCUT2D eigenvalue weighted by Crippen LogP contribution is -2.38. The molecule has 0 fully saturated rings. The number of amides is 1. The number of hydrogen-bond donors (Lipinski definition) is 1. The molecule has 256 valence electrons. The summed E-state index contributed by atoms with van der Waals surface area (Å²) in [4.78, 5) is 22.4. The molecule has 0 aliphatic carbocycles. The van der Waals surface area contributed by atoms with E-state index >= 15 is 0 Å². The Bertz CT molecular complexity index is 2140. The number of sulfonamides is 1. The molecule has 1 aliphatic heterocycles. The molecule has 3 aromatic carbocycles. The topological polar surface area (TPSA) is 132 Å². The Morgan fingerprint density at radius 3 is 2.55 bits per heavy atom. The quantitative estimate of drug-likeness (QED) is 0.175. The molecule has 11 nitrogen and oxygen atoms in total. The average Bonchev–Trinajstić information content (AvgIpc) is 3.47. The zero-order chi connectivity index (χ0) is 35.1. The maximum atomic E-state index is 14.2. The number of anilines is 1. The molecule has 2 atom stereocenters. The van der Waals surface area contributed by atoms with Crippen molar-refractivity contribution in [2.45, 2.75) is 78.0 Å². The number of nitrogens with one attached hydrogen (secondary N) is 1. The predicted molar refractivity (Wildman–Crippen MR) is 192 cm³/mol. The minimum absolute atomic E-state index is 0.135. The van der Waals surface area contributed by atoms with Crippen molar-refractivity contribution >= 4 is 48.6 Å². The summed E-state index contributed by atoms with van der Waals surface area (Å²) in [6.45, 7) is 12.8. The summed E-state index contributed by atoms with van der Waals surface area (Å²) in [5.41, 5.74) is 5.68. The molecule has 1 amide bonds. The fourth-order valence-electron chi connectivity index (χ4n) is 6.56. The van der Waals surface area contributed by atoms with Crippen LogP contribution < -0.4 is 10.1 Å². The Hall–Kier alpha value is -4.20. The van der Waals surface area contributed by atoms with Crippen LogP contribution in [-0.4, -0.2) is 56.2 Å². The van der Waals surface area contributed by atoms with Crippen LogP contribution >= 0.6 is 15.9 Å². The molecule has 49 heavy (non-hydrogen) atoms. The Morgan fingerprint density at radius 2 is 1.84 bits per heavy atom. The molecule has 13 heteroatoms. The van der Waals surface area contributed by atoms with Crippen molar-refractivity contribution in [3.05, 3.63) is 99.5 Å². The molecule has 0 saturated carbocycles. The monoisotopic (exact) mass is 745 g/mol. The summed E-state index contributed by atoms with van der Waals surface area (Å²) in [7, 11) is -3.91. The van der Waals surface area contributed by atoms with Crippen molar-refractivity contribution in [1.82, 2.24) is 29.3 Å². The third kappa shape index (κ3) is 6.59. The number of fused-ring (bicyclic) bond motifs is 2. The highest BCUT2D eigenvalue weighted by Crippen LogP contribution is 2.45. The smallest absolute Gasteiger partial charge is 0.247 e. The second kappa shape index (κ2) is 13.6. The second-order valence-electron chi connectivity index (χ2n) is 13.0. The Labute approximate surface area is 295 Å². The van der Waals surface area contributed by atoms with Crippen LogP contribution in [0.1, 0.15) is 67.9 Å². The first kappa shape index (κ1) is 34.7. The minimum Gasteiger partial charge on any atom is -0.488 e. The fourth-order valence-corrected chi connectivity index (χ4v) is 8.66. The number of rotatable bonds is 9. The van der Waals surface area contributed by atoms with E-state index in [2.05, 4.69) is 47.6 Å². The van der Waals surface area contributed by atoms with Crippen LogP contribution in [0.4, 0.5) is 5.69 Å². The third-order valence-electron chi connectivity index (χ3n) is 9.45. The predicted octanol–water partition coefficient (Wildman–Crippen LogP) is 6.78. The molecule has 0 bridgehead atoms. The van der Waals surface area contributed by atoms with Gasteiger partial charge < -0.3 is 10.1 Å². The van der Waals surface area contributed by atoms with Crippen LogP contribution in [0.25, 0.3) is 11.0 Å².